The topological polar surface area (TPSA) is 44.8 Å². The number of carbonyl (C=O) groups is 1. The van der Waals surface area contributed by atoms with Gasteiger partial charge in [-0.3, -0.25) is 4.79 Å². The predicted octanol–water partition coefficient (Wildman–Crippen LogP) is 1.39. The quantitative estimate of drug-likeness (QED) is 0.399. The van der Waals surface area contributed by atoms with Crippen LogP contribution < -0.4 is 0 Å². The molecule has 0 amide bonds. The molecule has 1 aromatic rings. The lowest BCUT2D eigenvalue weighted by Crippen LogP contribution is -2.12. The van der Waals surface area contributed by atoms with Crippen molar-refractivity contribution in [2.24, 2.45) is 0 Å². The highest BCUT2D eigenvalue weighted by Crippen LogP contribution is 2.00. The van der Waals surface area contributed by atoms with Crippen LogP contribution in [-0.2, 0) is 25.4 Å². The van der Waals surface area contributed by atoms with E-state index in [1.807, 2.05) is 30.3 Å². The van der Waals surface area contributed by atoms with Gasteiger partial charge in [0.2, 0.25) is 0 Å². The molecule has 0 aliphatic carbocycles. The number of ether oxygens (including phenoxy) is 3. The highest BCUT2D eigenvalue weighted by Gasteiger charge is 2.03. The van der Waals surface area contributed by atoms with Crippen LogP contribution in [0.2, 0.25) is 0 Å². The number of hydrogen-bond donors (Lipinski definition) is 0. The first kappa shape index (κ1) is 12.7. The first-order chi connectivity index (χ1) is 7.83. The molecule has 0 N–H and O–H groups in total. The number of methoxy groups -OCH3 is 1. The molecule has 0 spiro atoms. The van der Waals surface area contributed by atoms with E-state index in [1.54, 1.807) is 7.11 Å². The summed E-state index contributed by atoms with van der Waals surface area (Å²) in [6, 6.07) is 9.44. The van der Waals surface area contributed by atoms with Crippen LogP contribution in [0.25, 0.3) is 0 Å². The molecule has 88 valence electrons. The van der Waals surface area contributed by atoms with Gasteiger partial charge in [-0.15, -0.1) is 0 Å². The van der Waals surface area contributed by atoms with Crippen molar-refractivity contribution in [2.75, 3.05) is 27.1 Å². The van der Waals surface area contributed by atoms with Gasteiger partial charge in [-0.1, -0.05) is 30.3 Å². The number of rotatable bonds is 7. The minimum absolute atomic E-state index is 0.0188. The molecular weight excluding hydrogens is 208 g/mol. The van der Waals surface area contributed by atoms with Crippen molar-refractivity contribution >= 4 is 5.97 Å². The lowest BCUT2D eigenvalue weighted by molar-refractivity contribution is -0.156. The summed E-state index contributed by atoms with van der Waals surface area (Å²) < 4.78 is 14.7. The molecule has 0 bridgehead atoms. The lowest BCUT2D eigenvalue weighted by atomic mass is 10.2. The van der Waals surface area contributed by atoms with Crippen molar-refractivity contribution < 1.29 is 19.0 Å². The highest BCUT2D eigenvalue weighted by atomic mass is 16.7. The van der Waals surface area contributed by atoms with Gasteiger partial charge >= 0.3 is 5.97 Å². The van der Waals surface area contributed by atoms with Crippen LogP contribution in [0.5, 0.6) is 0 Å². The second kappa shape index (κ2) is 7.84. The Hall–Kier alpha value is -1.39. The maximum Gasteiger partial charge on any atom is 0.312 e. The summed E-state index contributed by atoms with van der Waals surface area (Å²) in [4.78, 5) is 11.3. The Kier molecular flexibility index (Phi) is 6.22. The molecule has 1 aromatic carbocycles. The zero-order valence-electron chi connectivity index (χ0n) is 9.35. The zero-order chi connectivity index (χ0) is 11.6. The van der Waals surface area contributed by atoms with Crippen molar-refractivity contribution in [1.29, 1.82) is 0 Å². The van der Waals surface area contributed by atoms with Crippen molar-refractivity contribution in [3.63, 3.8) is 0 Å². The third-order valence-electron chi connectivity index (χ3n) is 1.93. The van der Waals surface area contributed by atoms with Gasteiger partial charge in [0.15, 0.2) is 6.79 Å². The van der Waals surface area contributed by atoms with Gasteiger partial charge in [-0.25, -0.2) is 0 Å². The van der Waals surface area contributed by atoms with E-state index in [4.69, 9.17) is 14.2 Å². The monoisotopic (exact) mass is 224 g/mol. The Morgan fingerprint density at radius 1 is 1.19 bits per heavy atom. The summed E-state index contributed by atoms with van der Waals surface area (Å²) in [5.41, 5.74) is 0.935. The molecule has 0 aliphatic heterocycles. The average molecular weight is 224 g/mol. The Morgan fingerprint density at radius 3 is 2.62 bits per heavy atom. The van der Waals surface area contributed by atoms with E-state index in [1.165, 1.54) is 0 Å². The van der Waals surface area contributed by atoms with Crippen LogP contribution in [0.1, 0.15) is 5.56 Å². The smallest absolute Gasteiger partial charge is 0.312 e. The predicted molar refractivity (Wildman–Crippen MR) is 58.9 cm³/mol. The normalized spacial score (nSPS) is 10.1. The molecule has 0 radical (unpaired) electrons. The molecule has 0 saturated heterocycles. The van der Waals surface area contributed by atoms with E-state index >= 15 is 0 Å². The zero-order valence-corrected chi connectivity index (χ0v) is 9.35. The molecule has 0 heterocycles. The van der Waals surface area contributed by atoms with Crippen molar-refractivity contribution in [1.82, 2.24) is 0 Å². The summed E-state index contributed by atoms with van der Waals surface area (Å²) in [6.45, 7) is 0.903. The molecule has 0 saturated carbocycles. The van der Waals surface area contributed by atoms with E-state index in [0.717, 1.165) is 5.56 Å². The van der Waals surface area contributed by atoms with Gasteiger partial charge in [0.25, 0.3) is 0 Å². The van der Waals surface area contributed by atoms with Crippen molar-refractivity contribution in [3.8, 4) is 0 Å². The molecule has 16 heavy (non-hydrogen) atoms. The van der Waals surface area contributed by atoms with Gasteiger partial charge in [0.1, 0.15) is 0 Å². The molecule has 1 rings (SSSR count). The van der Waals surface area contributed by atoms with Gasteiger partial charge in [-0.2, -0.15) is 0 Å². The number of esters is 1. The van der Waals surface area contributed by atoms with E-state index in [2.05, 4.69) is 0 Å². The molecule has 0 atom stereocenters. The summed E-state index contributed by atoms with van der Waals surface area (Å²) >= 11 is 0. The van der Waals surface area contributed by atoms with E-state index in [0.29, 0.717) is 13.2 Å². The first-order valence-corrected chi connectivity index (χ1v) is 5.09. The fraction of sp³-hybridized carbons (Fsp3) is 0.417. The van der Waals surface area contributed by atoms with Crippen LogP contribution in [0, 0.1) is 0 Å². The SMILES string of the molecule is COCCOCOC(=O)Cc1ccccc1. The van der Waals surface area contributed by atoms with Crippen LogP contribution in [0.15, 0.2) is 30.3 Å². The summed E-state index contributed by atoms with van der Waals surface area (Å²) in [6.07, 6.45) is 0.272. The molecule has 0 unspecified atom stereocenters. The largest absolute Gasteiger partial charge is 0.438 e. The Bertz CT molecular complexity index is 297. The molecule has 0 fully saturated rings. The highest BCUT2D eigenvalue weighted by molar-refractivity contribution is 5.72. The number of hydrogen-bond acceptors (Lipinski definition) is 4. The van der Waals surface area contributed by atoms with Crippen LogP contribution in [0.4, 0.5) is 0 Å². The molecule has 4 heteroatoms. The molecule has 4 nitrogen and oxygen atoms in total. The van der Waals surface area contributed by atoms with Crippen LogP contribution >= 0.6 is 0 Å². The lowest BCUT2D eigenvalue weighted by Gasteiger charge is -2.05. The van der Waals surface area contributed by atoms with Gasteiger partial charge in [0.05, 0.1) is 19.6 Å². The number of benzene rings is 1. The van der Waals surface area contributed by atoms with Crippen LogP contribution in [-0.4, -0.2) is 33.1 Å². The summed E-state index contributed by atoms with van der Waals surface area (Å²) in [7, 11) is 1.59. The van der Waals surface area contributed by atoms with E-state index in [9.17, 15) is 4.79 Å². The van der Waals surface area contributed by atoms with Crippen LogP contribution in [0.3, 0.4) is 0 Å². The van der Waals surface area contributed by atoms with Gasteiger partial charge < -0.3 is 14.2 Å². The minimum Gasteiger partial charge on any atom is -0.438 e. The number of carbonyl (C=O) groups excluding carboxylic acids is 1. The third-order valence-corrected chi connectivity index (χ3v) is 1.93. The second-order valence-corrected chi connectivity index (χ2v) is 3.20. The van der Waals surface area contributed by atoms with E-state index in [-0.39, 0.29) is 19.2 Å². The Balaban J connectivity index is 2.12. The maximum absolute atomic E-state index is 11.3. The molecule has 0 aliphatic rings. The van der Waals surface area contributed by atoms with Gasteiger partial charge in [-0.05, 0) is 5.56 Å². The first-order valence-electron chi connectivity index (χ1n) is 5.09. The third kappa shape index (κ3) is 5.48. The van der Waals surface area contributed by atoms with Gasteiger partial charge in [0, 0.05) is 7.11 Å². The Morgan fingerprint density at radius 2 is 1.94 bits per heavy atom. The maximum atomic E-state index is 11.3. The molecule has 0 aromatic heterocycles. The van der Waals surface area contributed by atoms with Crippen molar-refractivity contribution in [2.45, 2.75) is 6.42 Å². The molecular formula is C12H16O4. The van der Waals surface area contributed by atoms with E-state index < -0.39 is 0 Å². The Labute approximate surface area is 95.1 Å². The fourth-order valence-electron chi connectivity index (χ4n) is 1.12. The second-order valence-electron chi connectivity index (χ2n) is 3.20. The average Bonchev–Trinajstić information content (AvgIpc) is 2.30. The fourth-order valence-corrected chi connectivity index (χ4v) is 1.12. The standard InChI is InChI=1S/C12H16O4/c1-14-7-8-15-10-16-12(13)9-11-5-3-2-4-6-11/h2-6H,7-10H2,1H3. The minimum atomic E-state index is -0.288. The van der Waals surface area contributed by atoms with Crippen molar-refractivity contribution in [3.05, 3.63) is 35.9 Å². The summed E-state index contributed by atoms with van der Waals surface area (Å²) in [5, 5.41) is 0. The summed E-state index contributed by atoms with van der Waals surface area (Å²) in [5.74, 6) is -0.288.